The lowest BCUT2D eigenvalue weighted by Crippen LogP contribution is -2.68. The average Bonchev–Trinajstić information content (AvgIpc) is 2.74. The maximum atomic E-state index is 12.1. The maximum Gasteiger partial charge on any atom is 0.508 e. The van der Waals surface area contributed by atoms with E-state index in [2.05, 4.69) is 0 Å². The Kier molecular flexibility index (Phi) is 11.5. The van der Waals surface area contributed by atoms with Crippen LogP contribution in [0, 0.1) is 0 Å². The SMILES string of the molecule is CCOC(=O)OC1C(O)C(OC)C(OC(=O)OCC)C(OC(=O)OCC)C1OC(=O)CN. The molecule has 1 rings (SSSR count). The molecule has 3 N–H and O–H groups in total. The Labute approximate surface area is 184 Å². The summed E-state index contributed by atoms with van der Waals surface area (Å²) < 4.78 is 40.0. The van der Waals surface area contributed by atoms with Crippen molar-refractivity contribution in [1.29, 1.82) is 0 Å². The largest absolute Gasteiger partial charge is 0.508 e. The maximum absolute atomic E-state index is 12.1. The first-order valence-electron chi connectivity index (χ1n) is 9.84. The molecule has 0 amide bonds. The summed E-state index contributed by atoms with van der Waals surface area (Å²) in [6, 6.07) is 0. The van der Waals surface area contributed by atoms with E-state index in [0.717, 1.165) is 7.11 Å². The first-order chi connectivity index (χ1) is 15.2. The number of aliphatic hydroxyl groups excluding tert-OH is 1. The van der Waals surface area contributed by atoms with Gasteiger partial charge in [0.2, 0.25) is 0 Å². The van der Waals surface area contributed by atoms with Crippen LogP contribution >= 0.6 is 0 Å². The Morgan fingerprint density at radius 2 is 1.06 bits per heavy atom. The van der Waals surface area contributed by atoms with E-state index in [1.807, 2.05) is 0 Å². The van der Waals surface area contributed by atoms with Gasteiger partial charge < -0.3 is 48.7 Å². The number of hydrogen-bond donors (Lipinski definition) is 2. The van der Waals surface area contributed by atoms with Crippen LogP contribution in [-0.4, -0.2) is 99.6 Å². The molecule has 184 valence electrons. The van der Waals surface area contributed by atoms with Crippen LogP contribution in [-0.2, 0) is 42.7 Å². The summed E-state index contributed by atoms with van der Waals surface area (Å²) in [7, 11) is 1.16. The molecule has 0 bridgehead atoms. The van der Waals surface area contributed by atoms with Crippen LogP contribution in [0.2, 0.25) is 0 Å². The fourth-order valence-corrected chi connectivity index (χ4v) is 2.94. The molecule has 0 saturated heterocycles. The van der Waals surface area contributed by atoms with E-state index in [4.69, 9.17) is 43.6 Å². The fraction of sp³-hybridized carbons (Fsp3) is 0.778. The predicted octanol–water partition coefficient (Wildman–Crippen LogP) is -0.128. The molecule has 0 heterocycles. The molecule has 0 spiro atoms. The number of carbonyl (C=O) groups excluding carboxylic acids is 4. The van der Waals surface area contributed by atoms with E-state index in [0.29, 0.717) is 0 Å². The molecule has 14 nitrogen and oxygen atoms in total. The van der Waals surface area contributed by atoms with Crippen molar-refractivity contribution in [3.8, 4) is 0 Å². The van der Waals surface area contributed by atoms with Gasteiger partial charge in [0.15, 0.2) is 24.4 Å². The van der Waals surface area contributed by atoms with E-state index in [1.165, 1.54) is 20.8 Å². The lowest BCUT2D eigenvalue weighted by Gasteiger charge is -2.45. The third-order valence-electron chi connectivity index (χ3n) is 4.16. The Balaban J connectivity index is 3.43. The molecule has 0 aliphatic heterocycles. The summed E-state index contributed by atoms with van der Waals surface area (Å²) in [5.41, 5.74) is 5.29. The molecule has 0 aromatic rings. The van der Waals surface area contributed by atoms with Gasteiger partial charge in [0.1, 0.15) is 12.2 Å². The van der Waals surface area contributed by atoms with E-state index < -0.39 is 67.6 Å². The molecule has 0 radical (unpaired) electrons. The van der Waals surface area contributed by atoms with Gasteiger partial charge in [0.05, 0.1) is 26.4 Å². The molecule has 1 saturated carbocycles. The monoisotopic (exact) mass is 467 g/mol. The Hall–Kier alpha value is -2.84. The smallest absolute Gasteiger partial charge is 0.453 e. The van der Waals surface area contributed by atoms with Crippen LogP contribution in [0.1, 0.15) is 20.8 Å². The topological polar surface area (TPSA) is 188 Å². The average molecular weight is 467 g/mol. The second-order valence-corrected chi connectivity index (χ2v) is 6.15. The number of ether oxygens (including phenoxy) is 8. The van der Waals surface area contributed by atoms with Crippen LogP contribution in [0.5, 0.6) is 0 Å². The predicted molar refractivity (Wildman–Crippen MR) is 101 cm³/mol. The van der Waals surface area contributed by atoms with Crippen molar-refractivity contribution in [2.24, 2.45) is 5.73 Å². The van der Waals surface area contributed by atoms with Gasteiger partial charge >= 0.3 is 24.4 Å². The molecule has 6 unspecified atom stereocenters. The first-order valence-corrected chi connectivity index (χ1v) is 9.84. The third kappa shape index (κ3) is 7.39. The molecular weight excluding hydrogens is 438 g/mol. The van der Waals surface area contributed by atoms with Crippen LogP contribution < -0.4 is 5.73 Å². The highest BCUT2D eigenvalue weighted by Crippen LogP contribution is 2.32. The number of nitrogens with two attached hydrogens (primary N) is 1. The van der Waals surface area contributed by atoms with Crippen LogP contribution in [0.15, 0.2) is 0 Å². The molecule has 1 aliphatic rings. The summed E-state index contributed by atoms with van der Waals surface area (Å²) in [5, 5.41) is 10.8. The minimum absolute atomic E-state index is 0.0463. The van der Waals surface area contributed by atoms with E-state index in [9.17, 15) is 24.3 Å². The van der Waals surface area contributed by atoms with Crippen molar-refractivity contribution in [2.75, 3.05) is 33.5 Å². The molecule has 32 heavy (non-hydrogen) atoms. The van der Waals surface area contributed by atoms with Crippen LogP contribution in [0.3, 0.4) is 0 Å². The van der Waals surface area contributed by atoms with Gasteiger partial charge in [-0.1, -0.05) is 0 Å². The van der Waals surface area contributed by atoms with Gasteiger partial charge in [-0.15, -0.1) is 0 Å². The summed E-state index contributed by atoms with van der Waals surface area (Å²) in [6.07, 6.45) is -13.3. The highest BCUT2D eigenvalue weighted by molar-refractivity contribution is 5.72. The molecule has 0 aromatic carbocycles. The number of aliphatic hydroxyl groups is 1. The molecule has 1 aliphatic carbocycles. The second kappa shape index (κ2) is 13.5. The lowest BCUT2D eigenvalue weighted by molar-refractivity contribution is -0.244. The van der Waals surface area contributed by atoms with E-state index in [-0.39, 0.29) is 19.8 Å². The zero-order chi connectivity index (χ0) is 24.3. The first kappa shape index (κ1) is 27.2. The quantitative estimate of drug-likeness (QED) is 0.337. The van der Waals surface area contributed by atoms with E-state index >= 15 is 0 Å². The van der Waals surface area contributed by atoms with Gasteiger partial charge in [-0.3, -0.25) is 4.79 Å². The molecule has 6 atom stereocenters. The number of carbonyl (C=O) groups is 4. The minimum Gasteiger partial charge on any atom is -0.453 e. The van der Waals surface area contributed by atoms with Gasteiger partial charge in [0.25, 0.3) is 0 Å². The molecule has 0 aromatic heterocycles. The van der Waals surface area contributed by atoms with Gasteiger partial charge in [0, 0.05) is 7.11 Å². The van der Waals surface area contributed by atoms with Crippen molar-refractivity contribution < 1.29 is 62.2 Å². The summed E-state index contributed by atoms with van der Waals surface area (Å²) >= 11 is 0. The Morgan fingerprint density at radius 3 is 1.44 bits per heavy atom. The van der Waals surface area contributed by atoms with Crippen LogP contribution in [0.4, 0.5) is 14.4 Å². The number of methoxy groups -OCH3 is 1. The van der Waals surface area contributed by atoms with Crippen molar-refractivity contribution in [3.63, 3.8) is 0 Å². The zero-order valence-electron chi connectivity index (χ0n) is 18.2. The second-order valence-electron chi connectivity index (χ2n) is 6.15. The normalized spacial score (nSPS) is 26.9. The number of rotatable bonds is 9. The zero-order valence-corrected chi connectivity index (χ0v) is 18.2. The standard InChI is InChI=1S/C18H29NO13/c1-5-26-16(22)30-12-10(21)11(25-4)13(31-17(23)27-6-2)15(32-18(24)28-7-3)14(12)29-9(20)8-19/h10-15,21H,5-8,19H2,1-4H3. The van der Waals surface area contributed by atoms with Gasteiger partial charge in [-0.2, -0.15) is 0 Å². The van der Waals surface area contributed by atoms with Crippen molar-refractivity contribution in [1.82, 2.24) is 0 Å². The van der Waals surface area contributed by atoms with E-state index in [1.54, 1.807) is 0 Å². The highest BCUT2D eigenvalue weighted by atomic mass is 16.8. The van der Waals surface area contributed by atoms with Crippen molar-refractivity contribution in [2.45, 2.75) is 57.4 Å². The summed E-state index contributed by atoms with van der Waals surface area (Å²) in [6.45, 7) is 3.78. The molecule has 1 fully saturated rings. The minimum atomic E-state index is -1.72. The molecular formula is C18H29NO13. The Bertz CT molecular complexity index is 642. The molecule has 14 heteroatoms. The highest BCUT2D eigenvalue weighted by Gasteiger charge is 2.58. The van der Waals surface area contributed by atoms with Crippen LogP contribution in [0.25, 0.3) is 0 Å². The fourth-order valence-electron chi connectivity index (χ4n) is 2.94. The third-order valence-corrected chi connectivity index (χ3v) is 4.16. The number of esters is 1. The van der Waals surface area contributed by atoms with Crippen molar-refractivity contribution in [3.05, 3.63) is 0 Å². The number of hydrogen-bond acceptors (Lipinski definition) is 14. The van der Waals surface area contributed by atoms with Gasteiger partial charge in [-0.05, 0) is 20.8 Å². The lowest BCUT2D eigenvalue weighted by atomic mass is 9.84. The van der Waals surface area contributed by atoms with Gasteiger partial charge in [-0.25, -0.2) is 14.4 Å². The Morgan fingerprint density at radius 1 is 0.688 bits per heavy atom. The summed E-state index contributed by atoms with van der Waals surface area (Å²) in [4.78, 5) is 47.9. The summed E-state index contributed by atoms with van der Waals surface area (Å²) in [5.74, 6) is -0.997. The van der Waals surface area contributed by atoms with Crippen molar-refractivity contribution >= 4 is 24.4 Å².